The van der Waals surface area contributed by atoms with Gasteiger partial charge >= 0.3 is 0 Å². The van der Waals surface area contributed by atoms with Crippen molar-refractivity contribution in [1.29, 1.82) is 0 Å². The lowest BCUT2D eigenvalue weighted by molar-refractivity contribution is -0.134. The van der Waals surface area contributed by atoms with E-state index in [0.29, 0.717) is 13.0 Å². The second-order valence-corrected chi connectivity index (χ2v) is 6.77. The van der Waals surface area contributed by atoms with E-state index in [1.807, 2.05) is 24.8 Å². The maximum Gasteiger partial charge on any atom is 0.223 e. The smallest absolute Gasteiger partial charge is 0.223 e. The Hall–Kier alpha value is -2.36. The highest BCUT2D eigenvalue weighted by Crippen LogP contribution is 2.37. The molecule has 0 aromatic heterocycles. The molecular weight excluding hydrogens is 305 g/mol. The fraction of sp³-hybridized carbons (Fsp3) is 0.350. The number of aromatic hydroxyl groups is 1. The molecule has 3 nitrogen and oxygen atoms in total. The van der Waals surface area contributed by atoms with E-state index in [1.54, 1.807) is 24.3 Å². The summed E-state index contributed by atoms with van der Waals surface area (Å²) in [6.07, 6.45) is 1.24. The number of benzene rings is 2. The number of carbonyl (C=O) groups is 1. The number of nitrogens with zero attached hydrogens (tertiary/aromatic N) is 1. The maximum absolute atomic E-state index is 13.3. The Labute approximate surface area is 141 Å². The SMILES string of the molecule is CC(C)CC(=O)N1CCc2ccc(O)cc2C1c1ccc(F)cc1. The molecule has 1 heterocycles. The van der Waals surface area contributed by atoms with Crippen LogP contribution in [-0.4, -0.2) is 22.5 Å². The van der Waals surface area contributed by atoms with Gasteiger partial charge in [-0.2, -0.15) is 0 Å². The van der Waals surface area contributed by atoms with Crippen molar-refractivity contribution in [2.24, 2.45) is 5.92 Å². The molecular formula is C20H22FNO2. The standard InChI is InChI=1S/C20H22FNO2/c1-13(2)11-19(24)22-10-9-14-5-8-17(23)12-18(14)20(22)15-3-6-16(21)7-4-15/h3-8,12-13,20,23H,9-11H2,1-2H3. The number of phenolic OH excluding ortho intramolecular Hbond substituents is 1. The van der Waals surface area contributed by atoms with Gasteiger partial charge in [0.25, 0.3) is 0 Å². The molecule has 0 bridgehead atoms. The van der Waals surface area contributed by atoms with Crippen LogP contribution in [0.4, 0.5) is 4.39 Å². The van der Waals surface area contributed by atoms with Crippen molar-refractivity contribution in [2.45, 2.75) is 32.7 Å². The molecule has 2 aromatic carbocycles. The first kappa shape index (κ1) is 16.5. The van der Waals surface area contributed by atoms with E-state index in [2.05, 4.69) is 0 Å². The number of hydrogen-bond acceptors (Lipinski definition) is 2. The lowest BCUT2D eigenvalue weighted by Crippen LogP contribution is -2.41. The summed E-state index contributed by atoms with van der Waals surface area (Å²) in [5.74, 6) is 0.245. The van der Waals surface area contributed by atoms with Gasteiger partial charge in [-0.05, 0) is 53.3 Å². The first-order chi connectivity index (χ1) is 11.5. The molecule has 24 heavy (non-hydrogen) atoms. The van der Waals surface area contributed by atoms with Crippen molar-refractivity contribution < 1.29 is 14.3 Å². The topological polar surface area (TPSA) is 40.5 Å². The van der Waals surface area contributed by atoms with Crippen molar-refractivity contribution in [1.82, 2.24) is 4.90 Å². The number of phenols is 1. The van der Waals surface area contributed by atoms with Gasteiger partial charge in [0.15, 0.2) is 0 Å². The van der Waals surface area contributed by atoms with Crippen LogP contribution >= 0.6 is 0 Å². The summed E-state index contributed by atoms with van der Waals surface area (Å²) >= 11 is 0. The zero-order valence-electron chi connectivity index (χ0n) is 14.0. The Morgan fingerprint density at radius 1 is 1.25 bits per heavy atom. The van der Waals surface area contributed by atoms with Crippen molar-refractivity contribution in [3.63, 3.8) is 0 Å². The summed E-state index contributed by atoms with van der Waals surface area (Å²) < 4.78 is 13.3. The molecule has 1 aliphatic heterocycles. The summed E-state index contributed by atoms with van der Waals surface area (Å²) in [5.41, 5.74) is 2.90. The lowest BCUT2D eigenvalue weighted by Gasteiger charge is -2.38. The van der Waals surface area contributed by atoms with Crippen molar-refractivity contribution in [3.8, 4) is 5.75 Å². The van der Waals surface area contributed by atoms with Crippen molar-refractivity contribution >= 4 is 5.91 Å². The fourth-order valence-corrected chi connectivity index (χ4v) is 3.34. The van der Waals surface area contributed by atoms with Crippen molar-refractivity contribution in [2.75, 3.05) is 6.54 Å². The summed E-state index contributed by atoms with van der Waals surface area (Å²) in [4.78, 5) is 14.6. The third-order valence-electron chi connectivity index (χ3n) is 4.45. The van der Waals surface area contributed by atoms with Crippen LogP contribution in [0.15, 0.2) is 42.5 Å². The molecule has 0 aliphatic carbocycles. The molecule has 1 aliphatic rings. The molecule has 0 saturated carbocycles. The number of amides is 1. The molecule has 1 atom stereocenters. The Bertz CT molecular complexity index is 740. The quantitative estimate of drug-likeness (QED) is 0.924. The van der Waals surface area contributed by atoms with Gasteiger partial charge in [0.2, 0.25) is 5.91 Å². The minimum atomic E-state index is -0.300. The molecule has 1 unspecified atom stereocenters. The Morgan fingerprint density at radius 3 is 2.62 bits per heavy atom. The lowest BCUT2D eigenvalue weighted by atomic mass is 9.87. The van der Waals surface area contributed by atoms with E-state index in [-0.39, 0.29) is 29.4 Å². The first-order valence-corrected chi connectivity index (χ1v) is 8.32. The van der Waals surface area contributed by atoms with Gasteiger partial charge < -0.3 is 10.0 Å². The molecule has 1 N–H and O–H groups in total. The van der Waals surface area contributed by atoms with E-state index >= 15 is 0 Å². The number of hydrogen-bond donors (Lipinski definition) is 1. The maximum atomic E-state index is 13.3. The van der Waals surface area contributed by atoms with Crippen LogP contribution in [0.2, 0.25) is 0 Å². The van der Waals surface area contributed by atoms with Crippen LogP contribution in [0.5, 0.6) is 5.75 Å². The summed E-state index contributed by atoms with van der Waals surface area (Å²) in [5, 5.41) is 9.90. The Morgan fingerprint density at radius 2 is 1.96 bits per heavy atom. The van der Waals surface area contributed by atoms with E-state index in [4.69, 9.17) is 0 Å². The number of halogens is 1. The highest BCUT2D eigenvalue weighted by Gasteiger charge is 2.32. The summed E-state index contributed by atoms with van der Waals surface area (Å²) in [6, 6.07) is 11.3. The molecule has 4 heteroatoms. The highest BCUT2D eigenvalue weighted by atomic mass is 19.1. The van der Waals surface area contributed by atoms with Gasteiger partial charge in [0.1, 0.15) is 11.6 Å². The van der Waals surface area contributed by atoms with Crippen LogP contribution < -0.4 is 0 Å². The average molecular weight is 327 g/mol. The van der Waals surface area contributed by atoms with Gasteiger partial charge in [0.05, 0.1) is 6.04 Å². The van der Waals surface area contributed by atoms with Crippen LogP contribution in [0.25, 0.3) is 0 Å². The second-order valence-electron chi connectivity index (χ2n) is 6.77. The molecule has 1 amide bonds. The zero-order chi connectivity index (χ0) is 17.3. The molecule has 0 spiro atoms. The van der Waals surface area contributed by atoms with Gasteiger partial charge in [0, 0.05) is 13.0 Å². The van der Waals surface area contributed by atoms with Crippen LogP contribution in [-0.2, 0) is 11.2 Å². The number of carbonyl (C=O) groups excluding carboxylic acids is 1. The molecule has 126 valence electrons. The molecule has 3 rings (SSSR count). The van der Waals surface area contributed by atoms with E-state index in [1.165, 1.54) is 12.1 Å². The minimum absolute atomic E-state index is 0.0910. The number of rotatable bonds is 3. The summed E-state index contributed by atoms with van der Waals surface area (Å²) in [7, 11) is 0. The number of fused-ring (bicyclic) bond motifs is 1. The first-order valence-electron chi connectivity index (χ1n) is 8.32. The highest BCUT2D eigenvalue weighted by molar-refractivity contribution is 5.78. The van der Waals surface area contributed by atoms with E-state index < -0.39 is 0 Å². The summed E-state index contributed by atoms with van der Waals surface area (Å²) in [6.45, 7) is 4.68. The minimum Gasteiger partial charge on any atom is -0.508 e. The van der Waals surface area contributed by atoms with E-state index in [0.717, 1.165) is 23.1 Å². The zero-order valence-corrected chi connectivity index (χ0v) is 14.0. The van der Waals surface area contributed by atoms with Gasteiger partial charge in [-0.15, -0.1) is 0 Å². The Balaban J connectivity index is 2.06. The third-order valence-corrected chi connectivity index (χ3v) is 4.45. The molecule has 0 saturated heterocycles. The molecule has 2 aromatic rings. The van der Waals surface area contributed by atoms with Gasteiger partial charge in [-0.25, -0.2) is 4.39 Å². The Kier molecular flexibility index (Phi) is 4.56. The van der Waals surface area contributed by atoms with Crippen molar-refractivity contribution in [3.05, 3.63) is 65.0 Å². The largest absolute Gasteiger partial charge is 0.508 e. The average Bonchev–Trinajstić information content (AvgIpc) is 2.54. The predicted octanol–water partition coefficient (Wildman–Crippen LogP) is 4.05. The second kappa shape index (κ2) is 6.63. The predicted molar refractivity (Wildman–Crippen MR) is 91.2 cm³/mol. The van der Waals surface area contributed by atoms with Crippen LogP contribution in [0.1, 0.15) is 43.0 Å². The molecule has 0 fully saturated rings. The van der Waals surface area contributed by atoms with Crippen LogP contribution in [0, 0.1) is 11.7 Å². The van der Waals surface area contributed by atoms with Crippen LogP contribution in [0.3, 0.4) is 0 Å². The monoisotopic (exact) mass is 327 g/mol. The van der Waals surface area contributed by atoms with E-state index in [9.17, 15) is 14.3 Å². The third kappa shape index (κ3) is 3.28. The molecule has 0 radical (unpaired) electrons. The van der Waals surface area contributed by atoms with Gasteiger partial charge in [-0.1, -0.05) is 32.0 Å². The fourth-order valence-electron chi connectivity index (χ4n) is 3.34. The normalized spacial score (nSPS) is 17.0. The van der Waals surface area contributed by atoms with Gasteiger partial charge in [-0.3, -0.25) is 4.79 Å².